The van der Waals surface area contributed by atoms with Crippen molar-refractivity contribution in [3.8, 4) is 0 Å². The van der Waals surface area contributed by atoms with Crippen LogP contribution in [-0.4, -0.2) is 15.9 Å². The molecule has 22 heavy (non-hydrogen) atoms. The van der Waals surface area contributed by atoms with Crippen LogP contribution in [-0.2, 0) is 11.2 Å². The molecule has 110 valence electrons. The largest absolute Gasteiger partial charge is 0.363 e. The first-order chi connectivity index (χ1) is 10.7. The van der Waals surface area contributed by atoms with Crippen molar-refractivity contribution >= 4 is 39.0 Å². The fourth-order valence-electron chi connectivity index (χ4n) is 2.71. The van der Waals surface area contributed by atoms with Crippen molar-refractivity contribution in [2.75, 3.05) is 10.6 Å². The van der Waals surface area contributed by atoms with Gasteiger partial charge in [-0.2, -0.15) is 0 Å². The molecule has 0 spiro atoms. The average molecular weight is 310 g/mol. The number of amides is 1. The van der Waals surface area contributed by atoms with Gasteiger partial charge in [-0.15, -0.1) is 11.3 Å². The van der Waals surface area contributed by atoms with E-state index in [0.717, 1.165) is 32.8 Å². The second-order valence-corrected chi connectivity index (χ2v) is 6.26. The summed E-state index contributed by atoms with van der Waals surface area (Å²) in [6.07, 6.45) is 2.04. The monoisotopic (exact) mass is 310 g/mol. The van der Waals surface area contributed by atoms with Crippen molar-refractivity contribution in [2.45, 2.75) is 19.4 Å². The van der Waals surface area contributed by atoms with Gasteiger partial charge in [0, 0.05) is 11.7 Å². The molecule has 5 nitrogen and oxygen atoms in total. The van der Waals surface area contributed by atoms with Gasteiger partial charge in [0.15, 0.2) is 0 Å². The number of nitrogens with zero attached hydrogens (tertiary/aromatic N) is 2. The number of aromatic nitrogens is 2. The molecule has 0 saturated heterocycles. The Morgan fingerprint density at radius 2 is 2.23 bits per heavy atom. The van der Waals surface area contributed by atoms with Gasteiger partial charge in [0.05, 0.1) is 11.8 Å². The zero-order valence-electron chi connectivity index (χ0n) is 12.0. The molecule has 3 heterocycles. The van der Waals surface area contributed by atoms with E-state index >= 15 is 0 Å². The Bertz CT molecular complexity index is 873. The summed E-state index contributed by atoms with van der Waals surface area (Å²) in [7, 11) is 0. The van der Waals surface area contributed by atoms with Crippen LogP contribution >= 0.6 is 11.3 Å². The van der Waals surface area contributed by atoms with Crippen LogP contribution in [0, 0.1) is 0 Å². The standard InChI is InChI=1S/C16H14N4OS/c1-9(10-2-3-13-11(6-10)7-14(21)20-13)19-15-12-4-5-22-16(12)18-8-17-15/h2-6,8-9H,7H2,1H3,(H,20,21)(H,17,18,19)/t9-/m0/s1. The highest BCUT2D eigenvalue weighted by molar-refractivity contribution is 7.16. The quantitative estimate of drug-likeness (QED) is 0.778. The van der Waals surface area contributed by atoms with Crippen LogP contribution in [0.5, 0.6) is 0 Å². The van der Waals surface area contributed by atoms with Crippen molar-refractivity contribution in [3.63, 3.8) is 0 Å². The highest BCUT2D eigenvalue weighted by atomic mass is 32.1. The predicted octanol–water partition coefficient (Wildman–Crippen LogP) is 3.36. The molecule has 1 aliphatic heterocycles. The number of hydrogen-bond acceptors (Lipinski definition) is 5. The van der Waals surface area contributed by atoms with Gasteiger partial charge >= 0.3 is 0 Å². The summed E-state index contributed by atoms with van der Waals surface area (Å²) in [5.74, 6) is 0.900. The Labute approximate surface area is 131 Å². The Kier molecular flexibility index (Phi) is 3.04. The SMILES string of the molecule is C[C@H](Nc1ncnc2sccc12)c1ccc2c(c1)CC(=O)N2. The normalized spacial score (nSPS) is 14.7. The van der Waals surface area contributed by atoms with E-state index in [0.29, 0.717) is 6.42 Å². The molecule has 1 atom stereocenters. The third kappa shape index (κ3) is 2.21. The fraction of sp³-hybridized carbons (Fsp3) is 0.188. The molecule has 0 bridgehead atoms. The summed E-state index contributed by atoms with van der Waals surface area (Å²) in [5.41, 5.74) is 3.11. The molecule has 2 aromatic heterocycles. The third-order valence-electron chi connectivity index (χ3n) is 3.87. The lowest BCUT2D eigenvalue weighted by molar-refractivity contribution is -0.115. The molecule has 4 rings (SSSR count). The summed E-state index contributed by atoms with van der Waals surface area (Å²) >= 11 is 1.60. The zero-order valence-corrected chi connectivity index (χ0v) is 12.8. The first-order valence-electron chi connectivity index (χ1n) is 7.08. The molecule has 0 fully saturated rings. The number of benzene rings is 1. The molecule has 0 radical (unpaired) electrons. The van der Waals surface area contributed by atoms with E-state index in [9.17, 15) is 4.79 Å². The lowest BCUT2D eigenvalue weighted by Gasteiger charge is -2.16. The summed E-state index contributed by atoms with van der Waals surface area (Å²) in [4.78, 5) is 21.0. The Balaban J connectivity index is 1.63. The van der Waals surface area contributed by atoms with Gasteiger partial charge in [0.2, 0.25) is 5.91 Å². The first kappa shape index (κ1) is 13.2. The van der Waals surface area contributed by atoms with Crippen molar-refractivity contribution in [3.05, 3.63) is 47.1 Å². The van der Waals surface area contributed by atoms with Gasteiger partial charge in [0.1, 0.15) is 17.0 Å². The number of rotatable bonds is 3. The second kappa shape index (κ2) is 5.06. The minimum atomic E-state index is 0.0588. The maximum atomic E-state index is 11.4. The minimum absolute atomic E-state index is 0.0588. The smallest absolute Gasteiger partial charge is 0.228 e. The van der Waals surface area contributed by atoms with Gasteiger partial charge in [-0.3, -0.25) is 4.79 Å². The van der Waals surface area contributed by atoms with E-state index in [-0.39, 0.29) is 11.9 Å². The number of nitrogens with one attached hydrogen (secondary N) is 2. The van der Waals surface area contributed by atoms with Crippen LogP contribution in [0.25, 0.3) is 10.2 Å². The van der Waals surface area contributed by atoms with E-state index in [2.05, 4.69) is 33.6 Å². The first-order valence-corrected chi connectivity index (χ1v) is 7.96. The molecule has 1 aromatic carbocycles. The van der Waals surface area contributed by atoms with Crippen molar-refractivity contribution in [1.82, 2.24) is 9.97 Å². The number of thiophene rings is 1. The Morgan fingerprint density at radius 3 is 3.14 bits per heavy atom. The van der Waals surface area contributed by atoms with Crippen LogP contribution in [0.3, 0.4) is 0 Å². The van der Waals surface area contributed by atoms with Crippen LogP contribution < -0.4 is 10.6 Å². The maximum Gasteiger partial charge on any atom is 0.228 e. The molecule has 0 unspecified atom stereocenters. The number of carbonyl (C=O) groups is 1. The van der Waals surface area contributed by atoms with E-state index < -0.39 is 0 Å². The summed E-state index contributed by atoms with van der Waals surface area (Å²) in [6.45, 7) is 2.09. The van der Waals surface area contributed by atoms with Crippen LogP contribution in [0.2, 0.25) is 0 Å². The van der Waals surface area contributed by atoms with Crippen molar-refractivity contribution in [2.24, 2.45) is 0 Å². The Hall–Kier alpha value is -2.47. The van der Waals surface area contributed by atoms with Gasteiger partial charge in [-0.05, 0) is 35.6 Å². The van der Waals surface area contributed by atoms with Crippen molar-refractivity contribution in [1.29, 1.82) is 0 Å². The summed E-state index contributed by atoms with van der Waals surface area (Å²) in [6, 6.07) is 8.21. The molecular formula is C16H14N4OS. The van der Waals surface area contributed by atoms with Gasteiger partial charge in [-0.1, -0.05) is 12.1 Å². The highest BCUT2D eigenvalue weighted by Crippen LogP contribution is 2.30. The topological polar surface area (TPSA) is 66.9 Å². The third-order valence-corrected chi connectivity index (χ3v) is 4.69. The number of carbonyl (C=O) groups excluding carboxylic acids is 1. The van der Waals surface area contributed by atoms with E-state index in [4.69, 9.17) is 0 Å². The molecule has 1 aliphatic rings. The molecule has 0 saturated carbocycles. The zero-order chi connectivity index (χ0) is 15.1. The summed E-state index contributed by atoms with van der Waals surface area (Å²) in [5, 5.41) is 9.35. The van der Waals surface area contributed by atoms with Crippen LogP contribution in [0.4, 0.5) is 11.5 Å². The van der Waals surface area contributed by atoms with Crippen LogP contribution in [0.1, 0.15) is 24.1 Å². The molecule has 6 heteroatoms. The summed E-state index contributed by atoms with van der Waals surface area (Å²) < 4.78 is 0. The van der Waals surface area contributed by atoms with E-state index in [1.54, 1.807) is 17.7 Å². The van der Waals surface area contributed by atoms with Gasteiger partial charge < -0.3 is 10.6 Å². The number of hydrogen-bond donors (Lipinski definition) is 2. The van der Waals surface area contributed by atoms with Gasteiger partial charge in [-0.25, -0.2) is 9.97 Å². The Morgan fingerprint density at radius 1 is 1.32 bits per heavy atom. The number of anilines is 2. The van der Waals surface area contributed by atoms with Crippen molar-refractivity contribution < 1.29 is 4.79 Å². The second-order valence-electron chi connectivity index (χ2n) is 5.37. The molecule has 2 N–H and O–H groups in total. The minimum Gasteiger partial charge on any atom is -0.363 e. The lowest BCUT2D eigenvalue weighted by atomic mass is 10.0. The van der Waals surface area contributed by atoms with E-state index in [1.165, 1.54) is 0 Å². The number of fused-ring (bicyclic) bond motifs is 2. The van der Waals surface area contributed by atoms with E-state index in [1.807, 2.05) is 23.6 Å². The lowest BCUT2D eigenvalue weighted by Crippen LogP contribution is -2.08. The van der Waals surface area contributed by atoms with Gasteiger partial charge in [0.25, 0.3) is 0 Å². The van der Waals surface area contributed by atoms with Crippen LogP contribution in [0.15, 0.2) is 36.0 Å². The molecule has 3 aromatic rings. The molecule has 0 aliphatic carbocycles. The fourth-order valence-corrected chi connectivity index (χ4v) is 3.44. The molecular weight excluding hydrogens is 296 g/mol. The highest BCUT2D eigenvalue weighted by Gasteiger charge is 2.19. The average Bonchev–Trinajstić information content (AvgIpc) is 3.11. The predicted molar refractivity (Wildman–Crippen MR) is 88.2 cm³/mol. The molecule has 1 amide bonds. The maximum absolute atomic E-state index is 11.4.